The SMILES string of the molecule is Cc1cc(C(c2ccccc2O)c2cc(C)c(O)c(C)c2C)c(C)c(C)c1O.Oc1ccccc1.Oc1ccccc1.Oc1ccccc1. The van der Waals surface area contributed by atoms with Crippen LogP contribution < -0.4 is 0 Å². The first-order valence-corrected chi connectivity index (χ1v) is 15.9. The van der Waals surface area contributed by atoms with Crippen LogP contribution in [-0.4, -0.2) is 30.6 Å². The normalized spacial score (nSPS) is 10.1. The molecule has 0 amide bonds. The Bertz CT molecular complexity index is 1770. The summed E-state index contributed by atoms with van der Waals surface area (Å²) < 4.78 is 0. The van der Waals surface area contributed by atoms with E-state index in [1.165, 1.54) is 0 Å². The van der Waals surface area contributed by atoms with Gasteiger partial charge in [-0.3, -0.25) is 0 Å². The Labute approximate surface area is 289 Å². The summed E-state index contributed by atoms with van der Waals surface area (Å²) in [7, 11) is 0. The van der Waals surface area contributed by atoms with Crippen molar-refractivity contribution in [1.82, 2.24) is 0 Å². The molecule has 0 spiro atoms. The molecular weight excluding hydrogens is 612 g/mol. The van der Waals surface area contributed by atoms with Crippen LogP contribution in [0.15, 0.2) is 127 Å². The second-order valence-corrected chi connectivity index (χ2v) is 11.8. The van der Waals surface area contributed by atoms with E-state index < -0.39 is 0 Å². The number of aryl methyl sites for hydroxylation is 2. The minimum absolute atomic E-state index is 0.211. The number of aromatic hydroxyl groups is 6. The average molecular weight is 659 g/mol. The number of hydrogen-bond acceptors (Lipinski definition) is 6. The summed E-state index contributed by atoms with van der Waals surface area (Å²) in [4.78, 5) is 0. The maximum Gasteiger partial charge on any atom is 0.121 e. The summed E-state index contributed by atoms with van der Waals surface area (Å²) in [5, 5.41) is 57.3. The molecule has 0 fully saturated rings. The highest BCUT2D eigenvalue weighted by atomic mass is 16.3. The standard InChI is InChI=1S/C25H28O3.3C6H6O/c1-13-11-20(15(3)17(5)24(13)27)23(19-9-7-8-10-22(19)26)21-12-14(2)25(28)18(6)16(21)4;3*7-6-4-2-1-3-5-6/h7-12,23,26-28H,1-6H3;3*1-5,7H. The van der Waals surface area contributed by atoms with Crippen LogP contribution in [0.25, 0.3) is 0 Å². The lowest BCUT2D eigenvalue weighted by Crippen LogP contribution is -2.10. The van der Waals surface area contributed by atoms with E-state index in [9.17, 15) is 15.3 Å². The van der Waals surface area contributed by atoms with Crippen molar-refractivity contribution in [2.75, 3.05) is 0 Å². The van der Waals surface area contributed by atoms with Gasteiger partial charge in [0.2, 0.25) is 0 Å². The maximum absolute atomic E-state index is 10.7. The van der Waals surface area contributed by atoms with Crippen LogP contribution >= 0.6 is 0 Å². The van der Waals surface area contributed by atoms with Crippen molar-refractivity contribution < 1.29 is 30.6 Å². The second-order valence-electron chi connectivity index (χ2n) is 11.8. The zero-order valence-corrected chi connectivity index (χ0v) is 28.9. The van der Waals surface area contributed by atoms with Crippen molar-refractivity contribution in [1.29, 1.82) is 0 Å². The molecule has 0 unspecified atom stereocenters. The molecular formula is C43H46O6. The number of phenols is 6. The zero-order valence-electron chi connectivity index (χ0n) is 28.9. The highest BCUT2D eigenvalue weighted by Crippen LogP contribution is 2.44. The van der Waals surface area contributed by atoms with Crippen LogP contribution in [0.3, 0.4) is 0 Å². The molecule has 0 aliphatic rings. The van der Waals surface area contributed by atoms with E-state index in [1.54, 1.807) is 78.9 Å². The summed E-state index contributed by atoms with van der Waals surface area (Å²) in [6.45, 7) is 11.6. The minimum atomic E-state index is -0.211. The van der Waals surface area contributed by atoms with E-state index >= 15 is 0 Å². The molecule has 0 radical (unpaired) electrons. The molecule has 254 valence electrons. The number of hydrogen-bond donors (Lipinski definition) is 6. The summed E-state index contributed by atoms with van der Waals surface area (Å²) in [5.41, 5.74) is 8.21. The quantitative estimate of drug-likeness (QED) is 0.105. The fourth-order valence-electron chi connectivity index (χ4n) is 5.32. The predicted molar refractivity (Wildman–Crippen MR) is 198 cm³/mol. The van der Waals surface area contributed by atoms with Gasteiger partial charge in [-0.15, -0.1) is 0 Å². The van der Waals surface area contributed by atoms with Crippen LogP contribution in [0, 0.1) is 41.5 Å². The summed E-state index contributed by atoms with van der Waals surface area (Å²) in [6.07, 6.45) is 0. The smallest absolute Gasteiger partial charge is 0.121 e. The van der Waals surface area contributed by atoms with Gasteiger partial charge in [-0.25, -0.2) is 0 Å². The van der Waals surface area contributed by atoms with Crippen LogP contribution in [0.2, 0.25) is 0 Å². The molecule has 0 aliphatic carbocycles. The van der Waals surface area contributed by atoms with Gasteiger partial charge in [0.1, 0.15) is 34.5 Å². The van der Waals surface area contributed by atoms with Crippen molar-refractivity contribution >= 4 is 0 Å². The highest BCUT2D eigenvalue weighted by molar-refractivity contribution is 5.60. The molecule has 6 heteroatoms. The third-order valence-electron chi connectivity index (χ3n) is 8.33. The first kappa shape index (κ1) is 37.6. The zero-order chi connectivity index (χ0) is 36.1. The van der Waals surface area contributed by atoms with E-state index in [0.717, 1.165) is 50.1 Å². The van der Waals surface area contributed by atoms with Crippen molar-refractivity contribution in [3.8, 4) is 34.5 Å². The van der Waals surface area contributed by atoms with Gasteiger partial charge in [0.05, 0.1) is 0 Å². The molecule has 0 aromatic heterocycles. The third-order valence-corrected chi connectivity index (χ3v) is 8.33. The van der Waals surface area contributed by atoms with E-state index in [2.05, 4.69) is 0 Å². The predicted octanol–water partition coefficient (Wildman–Crippen LogP) is 10.0. The van der Waals surface area contributed by atoms with Gasteiger partial charge >= 0.3 is 0 Å². The van der Waals surface area contributed by atoms with Gasteiger partial charge < -0.3 is 30.6 Å². The average Bonchev–Trinajstić information content (AvgIpc) is 3.10. The lowest BCUT2D eigenvalue weighted by Gasteiger charge is -2.27. The van der Waals surface area contributed by atoms with E-state index in [0.29, 0.717) is 28.7 Å². The molecule has 6 nitrogen and oxygen atoms in total. The Morgan fingerprint density at radius 3 is 0.939 bits per heavy atom. The summed E-state index contributed by atoms with van der Waals surface area (Å²) in [6, 6.07) is 37.5. The van der Waals surface area contributed by atoms with Crippen LogP contribution in [-0.2, 0) is 0 Å². The molecule has 0 atom stereocenters. The van der Waals surface area contributed by atoms with E-state index in [4.69, 9.17) is 15.3 Å². The maximum atomic E-state index is 10.7. The highest BCUT2D eigenvalue weighted by Gasteiger charge is 2.26. The van der Waals surface area contributed by atoms with Gasteiger partial charge in [0, 0.05) is 11.5 Å². The van der Waals surface area contributed by atoms with E-state index in [-0.39, 0.29) is 11.7 Å². The summed E-state index contributed by atoms with van der Waals surface area (Å²) in [5.74, 6) is 1.61. The van der Waals surface area contributed by atoms with Crippen LogP contribution in [0.4, 0.5) is 0 Å². The van der Waals surface area contributed by atoms with Gasteiger partial charge in [-0.2, -0.15) is 0 Å². The Morgan fingerprint density at radius 1 is 0.347 bits per heavy atom. The van der Waals surface area contributed by atoms with E-state index in [1.807, 2.05) is 90.1 Å². The molecule has 0 saturated carbocycles. The van der Waals surface area contributed by atoms with Crippen molar-refractivity contribution in [2.24, 2.45) is 0 Å². The van der Waals surface area contributed by atoms with Gasteiger partial charge in [-0.1, -0.05) is 84.9 Å². The molecule has 6 N–H and O–H groups in total. The Balaban J connectivity index is 0.000000246. The minimum Gasteiger partial charge on any atom is -0.508 e. The lowest BCUT2D eigenvalue weighted by molar-refractivity contribution is 0.463. The Kier molecular flexibility index (Phi) is 13.7. The molecule has 0 bridgehead atoms. The molecule has 0 aliphatic heterocycles. The molecule has 49 heavy (non-hydrogen) atoms. The molecule has 0 heterocycles. The number of rotatable bonds is 3. The summed E-state index contributed by atoms with van der Waals surface area (Å²) >= 11 is 0. The Morgan fingerprint density at radius 2 is 0.653 bits per heavy atom. The molecule has 6 aromatic rings. The van der Waals surface area contributed by atoms with Gasteiger partial charge in [0.15, 0.2) is 0 Å². The van der Waals surface area contributed by atoms with Gasteiger partial charge in [-0.05, 0) is 129 Å². The third kappa shape index (κ3) is 10.3. The molecule has 6 rings (SSSR count). The second kappa shape index (κ2) is 17.9. The number of phenolic OH excluding ortho intramolecular Hbond substituents is 6. The number of benzene rings is 6. The van der Waals surface area contributed by atoms with Gasteiger partial charge in [0.25, 0.3) is 0 Å². The molecule has 6 aromatic carbocycles. The fourth-order valence-corrected chi connectivity index (χ4v) is 5.32. The van der Waals surface area contributed by atoms with Crippen LogP contribution in [0.1, 0.15) is 56.0 Å². The molecule has 0 saturated heterocycles. The first-order chi connectivity index (χ1) is 23.3. The topological polar surface area (TPSA) is 121 Å². The largest absolute Gasteiger partial charge is 0.508 e. The number of para-hydroxylation sites is 4. The fraction of sp³-hybridized carbons (Fsp3) is 0.163. The first-order valence-electron chi connectivity index (χ1n) is 15.9. The van der Waals surface area contributed by atoms with Crippen molar-refractivity contribution in [3.63, 3.8) is 0 Å². The monoisotopic (exact) mass is 658 g/mol. The van der Waals surface area contributed by atoms with Crippen molar-refractivity contribution in [2.45, 2.75) is 47.5 Å². The van der Waals surface area contributed by atoms with Crippen molar-refractivity contribution in [3.05, 3.63) is 177 Å². The lowest BCUT2D eigenvalue weighted by atomic mass is 9.78. The van der Waals surface area contributed by atoms with Crippen LogP contribution in [0.5, 0.6) is 34.5 Å². The Hall–Kier alpha value is -5.88.